The van der Waals surface area contributed by atoms with Crippen LogP contribution in [0.2, 0.25) is 0 Å². The van der Waals surface area contributed by atoms with Crippen LogP contribution in [0.5, 0.6) is 0 Å². The lowest BCUT2D eigenvalue weighted by molar-refractivity contribution is 0.100. The maximum absolute atomic E-state index is 6.23. The molecule has 0 atom stereocenters. The largest absolute Gasteiger partial charge is 0.409 e. The summed E-state index contributed by atoms with van der Waals surface area (Å²) < 4.78 is 6.93. The minimum Gasteiger partial charge on any atom is -0.409 e. The molecule has 0 saturated heterocycles. The molecule has 5 rings (SSSR count). The first-order valence-electron chi connectivity index (χ1n) is 8.36. The van der Waals surface area contributed by atoms with E-state index < -0.39 is 0 Å². The molecular formula is C19H17N3O2. The van der Waals surface area contributed by atoms with E-state index in [1.54, 1.807) is 0 Å². The highest BCUT2D eigenvalue weighted by Gasteiger charge is 2.24. The maximum atomic E-state index is 6.23. The van der Waals surface area contributed by atoms with Crippen molar-refractivity contribution < 1.29 is 9.47 Å². The van der Waals surface area contributed by atoms with Crippen molar-refractivity contribution in [1.82, 2.24) is 15.0 Å². The third-order valence-electron chi connectivity index (χ3n) is 4.82. The maximum Gasteiger partial charge on any atom is 0.162 e. The SMILES string of the molecule is c1ccc(COn2c3c(c4ccc5nonc5c42)CCCC3)cc1. The molecule has 2 heterocycles. The molecule has 5 heteroatoms. The van der Waals surface area contributed by atoms with Gasteiger partial charge in [-0.3, -0.25) is 0 Å². The number of hydrogen-bond acceptors (Lipinski definition) is 4. The zero-order valence-electron chi connectivity index (χ0n) is 13.2. The number of benzene rings is 2. The van der Waals surface area contributed by atoms with Crippen LogP contribution in [-0.2, 0) is 19.4 Å². The number of fused-ring (bicyclic) bond motifs is 5. The van der Waals surface area contributed by atoms with Gasteiger partial charge in [0.05, 0.1) is 5.69 Å². The normalized spacial score (nSPS) is 14.2. The van der Waals surface area contributed by atoms with E-state index in [0.717, 1.165) is 35.0 Å². The summed E-state index contributed by atoms with van der Waals surface area (Å²) in [7, 11) is 0. The molecule has 1 aliphatic carbocycles. The van der Waals surface area contributed by atoms with Crippen molar-refractivity contribution in [2.75, 3.05) is 0 Å². The standard InChI is InChI=1S/C19H17N3O2/c1-2-6-13(7-3-1)12-23-22-17-9-5-4-8-14(17)15-10-11-16-18(19(15)22)21-24-20-16/h1-3,6-7,10-11H,4-5,8-9,12H2. The summed E-state index contributed by atoms with van der Waals surface area (Å²) in [4.78, 5) is 6.23. The fourth-order valence-corrected chi connectivity index (χ4v) is 3.68. The highest BCUT2D eigenvalue weighted by atomic mass is 16.7. The lowest BCUT2D eigenvalue weighted by Gasteiger charge is -2.16. The lowest BCUT2D eigenvalue weighted by Crippen LogP contribution is -2.16. The molecule has 24 heavy (non-hydrogen) atoms. The highest BCUT2D eigenvalue weighted by Crippen LogP contribution is 2.34. The first kappa shape index (κ1) is 13.6. The summed E-state index contributed by atoms with van der Waals surface area (Å²) in [6, 6.07) is 14.3. The van der Waals surface area contributed by atoms with Crippen LogP contribution >= 0.6 is 0 Å². The molecule has 0 aliphatic heterocycles. The quantitative estimate of drug-likeness (QED) is 0.578. The van der Waals surface area contributed by atoms with E-state index in [0.29, 0.717) is 6.61 Å². The van der Waals surface area contributed by atoms with Crippen molar-refractivity contribution in [2.24, 2.45) is 0 Å². The molecule has 0 spiro atoms. The van der Waals surface area contributed by atoms with Crippen LogP contribution in [0.25, 0.3) is 21.9 Å². The van der Waals surface area contributed by atoms with Gasteiger partial charge in [-0.2, -0.15) is 4.73 Å². The Hall–Kier alpha value is -2.82. The van der Waals surface area contributed by atoms with Gasteiger partial charge in [0.25, 0.3) is 0 Å². The van der Waals surface area contributed by atoms with Crippen LogP contribution in [-0.4, -0.2) is 15.0 Å². The Labute approximate surface area is 138 Å². The fourth-order valence-electron chi connectivity index (χ4n) is 3.68. The van der Waals surface area contributed by atoms with E-state index in [1.165, 1.54) is 29.5 Å². The zero-order valence-corrected chi connectivity index (χ0v) is 13.2. The average Bonchev–Trinajstić information content (AvgIpc) is 3.23. The van der Waals surface area contributed by atoms with Crippen molar-refractivity contribution >= 4 is 21.9 Å². The summed E-state index contributed by atoms with van der Waals surface area (Å²) >= 11 is 0. The average molecular weight is 319 g/mol. The molecule has 0 saturated carbocycles. The molecule has 0 fully saturated rings. The molecule has 2 aromatic heterocycles. The van der Waals surface area contributed by atoms with Crippen LogP contribution in [0.15, 0.2) is 47.1 Å². The summed E-state index contributed by atoms with van der Waals surface area (Å²) in [5.74, 6) is 0. The van der Waals surface area contributed by atoms with Gasteiger partial charge in [-0.1, -0.05) is 30.3 Å². The number of hydrogen-bond donors (Lipinski definition) is 0. The third-order valence-corrected chi connectivity index (χ3v) is 4.82. The molecular weight excluding hydrogens is 302 g/mol. The monoisotopic (exact) mass is 319 g/mol. The van der Waals surface area contributed by atoms with E-state index in [2.05, 4.69) is 28.5 Å². The van der Waals surface area contributed by atoms with Crippen LogP contribution in [0.3, 0.4) is 0 Å². The van der Waals surface area contributed by atoms with Crippen molar-refractivity contribution in [3.05, 3.63) is 59.3 Å². The number of aromatic nitrogens is 3. The Kier molecular flexibility index (Phi) is 3.04. The number of aryl methyl sites for hydroxylation is 1. The molecule has 2 aromatic carbocycles. The summed E-state index contributed by atoms with van der Waals surface area (Å²) in [5.41, 5.74) is 6.32. The highest BCUT2D eigenvalue weighted by molar-refractivity contribution is 6.03. The Balaban J connectivity index is 1.69. The molecule has 1 aliphatic rings. The molecule has 120 valence electrons. The first-order valence-corrected chi connectivity index (χ1v) is 8.36. The van der Waals surface area contributed by atoms with E-state index in [-0.39, 0.29) is 0 Å². The van der Waals surface area contributed by atoms with Crippen molar-refractivity contribution in [1.29, 1.82) is 0 Å². The van der Waals surface area contributed by atoms with Gasteiger partial charge >= 0.3 is 0 Å². The Morgan fingerprint density at radius 3 is 2.79 bits per heavy atom. The van der Waals surface area contributed by atoms with Crippen molar-refractivity contribution in [3.8, 4) is 0 Å². The van der Waals surface area contributed by atoms with Gasteiger partial charge in [-0.05, 0) is 59.3 Å². The van der Waals surface area contributed by atoms with Gasteiger partial charge in [0.1, 0.15) is 17.6 Å². The van der Waals surface area contributed by atoms with E-state index >= 15 is 0 Å². The molecule has 4 aromatic rings. The van der Waals surface area contributed by atoms with Crippen LogP contribution in [0, 0.1) is 0 Å². The lowest BCUT2D eigenvalue weighted by atomic mass is 9.95. The van der Waals surface area contributed by atoms with Gasteiger partial charge in [0.15, 0.2) is 5.52 Å². The van der Waals surface area contributed by atoms with Gasteiger partial charge in [-0.25, -0.2) is 4.63 Å². The van der Waals surface area contributed by atoms with Crippen molar-refractivity contribution in [2.45, 2.75) is 32.3 Å². The molecule has 0 bridgehead atoms. The summed E-state index contributed by atoms with van der Waals surface area (Å²) in [5, 5.41) is 9.31. The summed E-state index contributed by atoms with van der Waals surface area (Å²) in [6.07, 6.45) is 4.54. The van der Waals surface area contributed by atoms with Crippen molar-refractivity contribution in [3.63, 3.8) is 0 Å². The molecule has 0 N–H and O–H groups in total. The minimum atomic E-state index is 0.527. The van der Waals surface area contributed by atoms with E-state index in [4.69, 9.17) is 9.47 Å². The fraction of sp³-hybridized carbons (Fsp3) is 0.263. The Morgan fingerprint density at radius 1 is 1.00 bits per heavy atom. The first-order chi connectivity index (χ1) is 11.9. The van der Waals surface area contributed by atoms with Gasteiger partial charge in [0, 0.05) is 5.39 Å². The molecule has 0 amide bonds. The zero-order chi connectivity index (χ0) is 15.9. The minimum absolute atomic E-state index is 0.527. The summed E-state index contributed by atoms with van der Waals surface area (Å²) in [6.45, 7) is 0.527. The van der Waals surface area contributed by atoms with Gasteiger partial charge in [-0.15, -0.1) is 0 Å². The van der Waals surface area contributed by atoms with Gasteiger partial charge < -0.3 is 4.84 Å². The van der Waals surface area contributed by atoms with E-state index in [1.807, 2.05) is 29.0 Å². The number of rotatable bonds is 3. The second kappa shape index (κ2) is 5.37. The predicted molar refractivity (Wildman–Crippen MR) is 90.7 cm³/mol. The van der Waals surface area contributed by atoms with E-state index in [9.17, 15) is 0 Å². The Bertz CT molecular complexity index is 1020. The predicted octanol–water partition coefficient (Wildman–Crippen LogP) is 3.69. The van der Waals surface area contributed by atoms with Crippen LogP contribution in [0.4, 0.5) is 0 Å². The molecule has 0 radical (unpaired) electrons. The molecule has 0 unspecified atom stereocenters. The van der Waals surface area contributed by atoms with Crippen LogP contribution < -0.4 is 4.84 Å². The third kappa shape index (κ3) is 2.01. The second-order valence-corrected chi connectivity index (χ2v) is 6.28. The smallest absolute Gasteiger partial charge is 0.162 e. The molecule has 5 nitrogen and oxygen atoms in total. The van der Waals surface area contributed by atoms with Crippen LogP contribution in [0.1, 0.15) is 29.7 Å². The topological polar surface area (TPSA) is 53.1 Å². The van der Waals surface area contributed by atoms with Gasteiger partial charge in [0.2, 0.25) is 0 Å². The number of nitrogens with zero attached hydrogens (tertiary/aromatic N) is 3. The Morgan fingerprint density at radius 2 is 1.88 bits per heavy atom. The second-order valence-electron chi connectivity index (χ2n) is 6.28.